The molecular formula is C20H23ClN2O4S. The molecule has 2 aromatic carbocycles. The molecule has 3 rings (SSSR count). The van der Waals surface area contributed by atoms with E-state index >= 15 is 0 Å². The lowest BCUT2D eigenvalue weighted by atomic mass is 9.88. The minimum Gasteiger partial charge on any atom is -0.495 e. The van der Waals surface area contributed by atoms with Gasteiger partial charge in [0, 0.05) is 5.02 Å². The number of carbonyl (C=O) groups excluding carboxylic acids is 1. The first-order valence-electron chi connectivity index (χ1n) is 8.98. The highest BCUT2D eigenvalue weighted by molar-refractivity contribution is 7.92. The standard InChI is InChI=1S/C20H23ClN2O4S/c1-27-19-11-10-15(21)12-18(19)23(28(2,25)26)13-20(24)22-17-9-5-7-14-6-3-4-8-16(14)17/h3-4,6,8,10-12,17H,5,7,9,13H2,1-2H3,(H,22,24)/t17-/m0/s1. The zero-order valence-electron chi connectivity index (χ0n) is 15.8. The van der Waals surface area contributed by atoms with E-state index in [9.17, 15) is 13.2 Å². The number of halogens is 1. The minimum absolute atomic E-state index is 0.125. The lowest BCUT2D eigenvalue weighted by Crippen LogP contribution is -2.42. The van der Waals surface area contributed by atoms with Crippen LogP contribution in [0.3, 0.4) is 0 Å². The number of anilines is 1. The molecule has 0 unspecified atom stereocenters. The number of aryl methyl sites for hydroxylation is 1. The van der Waals surface area contributed by atoms with Crippen molar-refractivity contribution in [2.75, 3.05) is 24.2 Å². The molecule has 0 bridgehead atoms. The Balaban J connectivity index is 1.84. The second kappa shape index (κ2) is 8.41. The van der Waals surface area contributed by atoms with E-state index in [0.717, 1.165) is 35.4 Å². The Morgan fingerprint density at radius 3 is 2.75 bits per heavy atom. The Hall–Kier alpha value is -2.25. The third kappa shape index (κ3) is 4.59. The van der Waals surface area contributed by atoms with Crippen molar-refractivity contribution in [2.24, 2.45) is 0 Å². The number of rotatable bonds is 6. The highest BCUT2D eigenvalue weighted by Crippen LogP contribution is 2.33. The molecule has 1 atom stereocenters. The Bertz CT molecular complexity index is 978. The van der Waals surface area contributed by atoms with Crippen molar-refractivity contribution in [2.45, 2.75) is 25.3 Å². The summed E-state index contributed by atoms with van der Waals surface area (Å²) < 4.78 is 31.0. The van der Waals surface area contributed by atoms with E-state index in [-0.39, 0.29) is 24.2 Å². The molecule has 0 fully saturated rings. The van der Waals surface area contributed by atoms with Crippen molar-refractivity contribution in [3.63, 3.8) is 0 Å². The number of ether oxygens (including phenoxy) is 1. The van der Waals surface area contributed by atoms with Gasteiger partial charge < -0.3 is 10.1 Å². The van der Waals surface area contributed by atoms with Gasteiger partial charge in [0.1, 0.15) is 12.3 Å². The molecule has 8 heteroatoms. The van der Waals surface area contributed by atoms with Crippen molar-refractivity contribution < 1.29 is 17.9 Å². The summed E-state index contributed by atoms with van der Waals surface area (Å²) in [6, 6.07) is 12.5. The maximum atomic E-state index is 12.7. The summed E-state index contributed by atoms with van der Waals surface area (Å²) in [6.45, 7) is -0.353. The monoisotopic (exact) mass is 422 g/mol. The second-order valence-corrected chi connectivity index (χ2v) is 9.14. The Kier molecular flexibility index (Phi) is 6.15. The summed E-state index contributed by atoms with van der Waals surface area (Å²) in [6.07, 6.45) is 3.83. The first-order chi connectivity index (χ1) is 13.3. The molecule has 1 amide bonds. The number of amides is 1. The SMILES string of the molecule is COc1ccc(Cl)cc1N(CC(=O)N[C@H]1CCCc2ccccc21)S(C)(=O)=O. The van der Waals surface area contributed by atoms with Gasteiger partial charge in [0.25, 0.3) is 0 Å². The van der Waals surface area contributed by atoms with Gasteiger partial charge in [0.15, 0.2) is 0 Å². The largest absolute Gasteiger partial charge is 0.495 e. The van der Waals surface area contributed by atoms with Crippen LogP contribution in [0.5, 0.6) is 5.75 Å². The average Bonchev–Trinajstić information content (AvgIpc) is 2.65. The number of sulfonamides is 1. The van der Waals surface area contributed by atoms with Crippen LogP contribution in [-0.4, -0.2) is 34.2 Å². The number of hydrogen-bond donors (Lipinski definition) is 1. The predicted octanol–water partition coefficient (Wildman–Crippen LogP) is 3.31. The van der Waals surface area contributed by atoms with E-state index in [0.29, 0.717) is 10.8 Å². The molecule has 0 heterocycles. The summed E-state index contributed by atoms with van der Waals surface area (Å²) >= 11 is 6.04. The summed E-state index contributed by atoms with van der Waals surface area (Å²) in [5.74, 6) is -0.0557. The third-order valence-corrected chi connectivity index (χ3v) is 6.16. The molecule has 28 heavy (non-hydrogen) atoms. The van der Waals surface area contributed by atoms with Crippen LogP contribution in [0.1, 0.15) is 30.0 Å². The molecule has 0 radical (unpaired) electrons. The zero-order valence-corrected chi connectivity index (χ0v) is 17.4. The van der Waals surface area contributed by atoms with Crippen molar-refractivity contribution in [1.29, 1.82) is 0 Å². The maximum absolute atomic E-state index is 12.7. The van der Waals surface area contributed by atoms with Gasteiger partial charge in [-0.2, -0.15) is 0 Å². The van der Waals surface area contributed by atoms with Gasteiger partial charge >= 0.3 is 0 Å². The fraction of sp³-hybridized carbons (Fsp3) is 0.350. The smallest absolute Gasteiger partial charge is 0.241 e. The van der Waals surface area contributed by atoms with Crippen LogP contribution >= 0.6 is 11.6 Å². The number of carbonyl (C=O) groups is 1. The summed E-state index contributed by atoms with van der Waals surface area (Å²) in [5, 5.41) is 3.33. The highest BCUT2D eigenvalue weighted by Gasteiger charge is 2.27. The van der Waals surface area contributed by atoms with E-state index in [1.807, 2.05) is 18.2 Å². The van der Waals surface area contributed by atoms with Crippen molar-refractivity contribution in [3.05, 3.63) is 58.6 Å². The molecule has 2 aromatic rings. The third-order valence-electron chi connectivity index (χ3n) is 4.80. The molecule has 150 valence electrons. The molecule has 1 N–H and O–H groups in total. The van der Waals surface area contributed by atoms with E-state index < -0.39 is 10.0 Å². The molecule has 0 saturated heterocycles. The molecule has 0 aliphatic heterocycles. The minimum atomic E-state index is -3.73. The number of methoxy groups -OCH3 is 1. The molecule has 0 aromatic heterocycles. The normalized spacial score (nSPS) is 16.2. The number of nitrogens with zero attached hydrogens (tertiary/aromatic N) is 1. The topological polar surface area (TPSA) is 75.7 Å². The fourth-order valence-electron chi connectivity index (χ4n) is 3.51. The average molecular weight is 423 g/mol. The predicted molar refractivity (Wildman–Crippen MR) is 110 cm³/mol. The van der Waals surface area contributed by atoms with Crippen LogP contribution in [0, 0.1) is 0 Å². The van der Waals surface area contributed by atoms with Crippen molar-refractivity contribution in [3.8, 4) is 5.75 Å². The second-order valence-electron chi connectivity index (χ2n) is 6.80. The van der Waals surface area contributed by atoms with Crippen molar-refractivity contribution in [1.82, 2.24) is 5.32 Å². The zero-order chi connectivity index (χ0) is 20.3. The van der Waals surface area contributed by atoms with Gasteiger partial charge in [-0.3, -0.25) is 9.10 Å². The lowest BCUT2D eigenvalue weighted by Gasteiger charge is -2.28. The van der Waals surface area contributed by atoms with Gasteiger partial charge in [-0.25, -0.2) is 8.42 Å². The van der Waals surface area contributed by atoms with E-state index in [4.69, 9.17) is 16.3 Å². The van der Waals surface area contributed by atoms with Crippen LogP contribution in [0.25, 0.3) is 0 Å². The van der Waals surface area contributed by atoms with Crippen LogP contribution in [0.15, 0.2) is 42.5 Å². The Morgan fingerprint density at radius 2 is 2.04 bits per heavy atom. The molecule has 1 aliphatic carbocycles. The molecule has 1 aliphatic rings. The molecule has 0 spiro atoms. The van der Waals surface area contributed by atoms with Gasteiger partial charge in [0.2, 0.25) is 15.9 Å². The maximum Gasteiger partial charge on any atom is 0.241 e. The number of fused-ring (bicyclic) bond motifs is 1. The molecule has 6 nitrogen and oxygen atoms in total. The fourth-order valence-corrected chi connectivity index (χ4v) is 4.53. The summed E-state index contributed by atoms with van der Waals surface area (Å²) in [4.78, 5) is 12.7. The summed E-state index contributed by atoms with van der Waals surface area (Å²) in [5.41, 5.74) is 2.54. The number of hydrogen-bond acceptors (Lipinski definition) is 4. The quantitative estimate of drug-likeness (QED) is 0.774. The number of benzene rings is 2. The van der Waals surface area contributed by atoms with Crippen molar-refractivity contribution >= 4 is 33.2 Å². The first-order valence-corrected chi connectivity index (χ1v) is 11.2. The van der Waals surface area contributed by atoms with Gasteiger partial charge in [0.05, 0.1) is 25.1 Å². The van der Waals surface area contributed by atoms with Crippen LogP contribution < -0.4 is 14.4 Å². The van der Waals surface area contributed by atoms with E-state index in [2.05, 4.69) is 11.4 Å². The Labute approximate surface area is 170 Å². The highest BCUT2D eigenvalue weighted by atomic mass is 35.5. The van der Waals surface area contributed by atoms with E-state index in [1.165, 1.54) is 18.7 Å². The van der Waals surface area contributed by atoms with Gasteiger partial charge in [-0.05, 0) is 48.6 Å². The summed E-state index contributed by atoms with van der Waals surface area (Å²) in [7, 11) is -2.29. The van der Waals surface area contributed by atoms with Crippen LogP contribution in [0.2, 0.25) is 5.02 Å². The number of nitrogens with one attached hydrogen (secondary N) is 1. The van der Waals surface area contributed by atoms with Crippen LogP contribution in [-0.2, 0) is 21.2 Å². The lowest BCUT2D eigenvalue weighted by molar-refractivity contribution is -0.120. The van der Waals surface area contributed by atoms with Gasteiger partial charge in [-0.15, -0.1) is 0 Å². The van der Waals surface area contributed by atoms with Crippen LogP contribution in [0.4, 0.5) is 5.69 Å². The molecular weight excluding hydrogens is 400 g/mol. The first kappa shape index (κ1) is 20.5. The van der Waals surface area contributed by atoms with Gasteiger partial charge in [-0.1, -0.05) is 35.9 Å². The Morgan fingerprint density at radius 1 is 1.29 bits per heavy atom. The van der Waals surface area contributed by atoms with E-state index in [1.54, 1.807) is 12.1 Å². The molecule has 0 saturated carbocycles.